The number of hydrogen-bond donors (Lipinski definition) is 1. The normalized spacial score (nSPS) is 10.5. The zero-order valence-electron chi connectivity index (χ0n) is 12.7. The van der Waals surface area contributed by atoms with Crippen molar-refractivity contribution in [2.24, 2.45) is 4.99 Å². The van der Waals surface area contributed by atoms with E-state index in [9.17, 15) is 9.59 Å². The molecule has 1 N–H and O–H groups in total. The molecule has 6 heteroatoms. The molecule has 0 saturated carbocycles. The quantitative estimate of drug-likeness (QED) is 0.668. The van der Waals surface area contributed by atoms with Crippen LogP contribution in [0, 0.1) is 0 Å². The third kappa shape index (κ3) is 6.10. The minimum absolute atomic E-state index is 0.304. The van der Waals surface area contributed by atoms with E-state index in [1.807, 2.05) is 6.07 Å². The van der Waals surface area contributed by atoms with Crippen LogP contribution in [-0.2, 0) is 16.0 Å². The van der Waals surface area contributed by atoms with Crippen molar-refractivity contribution < 1.29 is 19.1 Å². The van der Waals surface area contributed by atoms with Crippen LogP contribution >= 0.6 is 0 Å². The van der Waals surface area contributed by atoms with Gasteiger partial charge in [-0.3, -0.25) is 5.32 Å². The number of benzene rings is 1. The summed E-state index contributed by atoms with van der Waals surface area (Å²) in [6.45, 7) is 5.67. The predicted molar refractivity (Wildman–Crippen MR) is 79.5 cm³/mol. The fraction of sp³-hybridized carbons (Fsp3) is 0.467. The molecule has 0 bridgehead atoms. The maximum atomic E-state index is 11.8. The number of isocyanates is 1. The van der Waals surface area contributed by atoms with Crippen LogP contribution in [0.25, 0.3) is 0 Å². The number of anilines is 1. The second kappa shape index (κ2) is 7.45. The molecule has 0 aromatic heterocycles. The molecule has 21 heavy (non-hydrogen) atoms. The molecule has 6 nitrogen and oxygen atoms in total. The van der Waals surface area contributed by atoms with Gasteiger partial charge in [0.25, 0.3) is 0 Å². The Kier molecular flexibility index (Phi) is 5.93. The zero-order valence-corrected chi connectivity index (χ0v) is 12.7. The molecular formula is C15H20N2O4. The van der Waals surface area contributed by atoms with E-state index in [1.165, 1.54) is 6.08 Å². The molecule has 1 aromatic carbocycles. The van der Waals surface area contributed by atoms with Crippen molar-refractivity contribution >= 4 is 17.9 Å². The van der Waals surface area contributed by atoms with Gasteiger partial charge in [0.2, 0.25) is 6.08 Å². The average Bonchev–Trinajstić information content (AvgIpc) is 2.38. The standard InChI is InChI=1S/C15H20N2O4/c1-15(2,3)21-14(19)17-13-9-12(20-4)6-5-11(13)7-8-16-10-18/h5-6,9H,7-8H2,1-4H3,(H,17,19). The Balaban J connectivity index is 2.90. The van der Waals surface area contributed by atoms with Crippen molar-refractivity contribution in [1.29, 1.82) is 0 Å². The number of amides is 1. The fourth-order valence-corrected chi connectivity index (χ4v) is 1.65. The highest BCUT2D eigenvalue weighted by Gasteiger charge is 2.17. The first-order chi connectivity index (χ1) is 9.85. The number of nitrogens with one attached hydrogen (secondary N) is 1. The maximum Gasteiger partial charge on any atom is 0.412 e. The number of hydrogen-bond acceptors (Lipinski definition) is 5. The van der Waals surface area contributed by atoms with Crippen LogP contribution in [0.15, 0.2) is 23.2 Å². The van der Waals surface area contributed by atoms with Gasteiger partial charge in [-0.25, -0.2) is 14.6 Å². The van der Waals surface area contributed by atoms with E-state index in [0.29, 0.717) is 24.4 Å². The van der Waals surface area contributed by atoms with Crippen molar-refractivity contribution in [3.05, 3.63) is 23.8 Å². The van der Waals surface area contributed by atoms with Crippen LogP contribution in [-0.4, -0.2) is 31.4 Å². The molecule has 0 saturated heterocycles. The van der Waals surface area contributed by atoms with Gasteiger partial charge in [0.15, 0.2) is 0 Å². The van der Waals surface area contributed by atoms with E-state index in [1.54, 1.807) is 40.0 Å². The lowest BCUT2D eigenvalue weighted by Gasteiger charge is -2.20. The highest BCUT2D eigenvalue weighted by Crippen LogP contribution is 2.24. The highest BCUT2D eigenvalue weighted by atomic mass is 16.6. The number of ether oxygens (including phenoxy) is 2. The Bertz CT molecular complexity index is 543. The van der Waals surface area contributed by atoms with Gasteiger partial charge >= 0.3 is 6.09 Å². The van der Waals surface area contributed by atoms with E-state index < -0.39 is 11.7 Å². The third-order valence-corrected chi connectivity index (χ3v) is 2.51. The Morgan fingerprint density at radius 2 is 2.10 bits per heavy atom. The van der Waals surface area contributed by atoms with Gasteiger partial charge < -0.3 is 9.47 Å². The lowest BCUT2D eigenvalue weighted by atomic mass is 10.1. The van der Waals surface area contributed by atoms with Crippen LogP contribution in [0.4, 0.5) is 10.5 Å². The molecule has 1 amide bonds. The number of nitrogens with zero attached hydrogens (tertiary/aromatic N) is 1. The van der Waals surface area contributed by atoms with E-state index in [2.05, 4.69) is 10.3 Å². The summed E-state index contributed by atoms with van der Waals surface area (Å²) in [5.41, 5.74) is 0.829. The van der Waals surface area contributed by atoms with E-state index >= 15 is 0 Å². The molecule has 0 atom stereocenters. The summed E-state index contributed by atoms with van der Waals surface area (Å²) in [5.74, 6) is 0.615. The lowest BCUT2D eigenvalue weighted by molar-refractivity contribution is 0.0636. The molecule has 0 spiro atoms. The Hall–Kier alpha value is -2.33. The molecule has 0 heterocycles. The van der Waals surface area contributed by atoms with Gasteiger partial charge in [-0.1, -0.05) is 6.07 Å². The molecule has 0 aliphatic heterocycles. The van der Waals surface area contributed by atoms with Gasteiger partial charge in [-0.05, 0) is 38.8 Å². The van der Waals surface area contributed by atoms with Gasteiger partial charge in [-0.2, -0.15) is 0 Å². The summed E-state index contributed by atoms with van der Waals surface area (Å²) in [5, 5.41) is 2.69. The Morgan fingerprint density at radius 3 is 2.67 bits per heavy atom. The summed E-state index contributed by atoms with van der Waals surface area (Å²) < 4.78 is 10.4. The van der Waals surface area contributed by atoms with Crippen molar-refractivity contribution in [2.75, 3.05) is 19.0 Å². The fourth-order valence-electron chi connectivity index (χ4n) is 1.65. The molecule has 114 valence electrons. The first-order valence-electron chi connectivity index (χ1n) is 6.56. The van der Waals surface area contributed by atoms with Crippen LogP contribution in [0.3, 0.4) is 0 Å². The minimum atomic E-state index is -0.578. The maximum absolute atomic E-state index is 11.8. The Morgan fingerprint density at radius 1 is 1.38 bits per heavy atom. The summed E-state index contributed by atoms with van der Waals surface area (Å²) in [6, 6.07) is 5.29. The van der Waals surface area contributed by atoms with Gasteiger partial charge in [0, 0.05) is 6.07 Å². The molecular weight excluding hydrogens is 272 g/mol. The predicted octanol–water partition coefficient (Wildman–Crippen LogP) is 2.92. The first-order valence-corrected chi connectivity index (χ1v) is 6.56. The van der Waals surface area contributed by atoms with E-state index in [0.717, 1.165) is 5.56 Å². The Labute approximate surface area is 124 Å². The molecule has 1 aromatic rings. The second-order valence-electron chi connectivity index (χ2n) is 5.37. The van der Waals surface area contributed by atoms with Crippen molar-refractivity contribution in [3.8, 4) is 5.75 Å². The first kappa shape index (κ1) is 16.7. The third-order valence-electron chi connectivity index (χ3n) is 2.51. The molecule has 0 fully saturated rings. The summed E-state index contributed by atoms with van der Waals surface area (Å²) in [4.78, 5) is 25.5. The van der Waals surface area contributed by atoms with Crippen LogP contribution in [0.5, 0.6) is 5.75 Å². The van der Waals surface area contributed by atoms with E-state index in [4.69, 9.17) is 9.47 Å². The summed E-state index contributed by atoms with van der Waals surface area (Å²) in [6.07, 6.45) is 1.45. The molecule has 0 radical (unpaired) electrons. The zero-order chi connectivity index (χ0) is 15.9. The molecule has 0 aliphatic carbocycles. The van der Waals surface area contributed by atoms with Gasteiger partial charge in [-0.15, -0.1) is 0 Å². The highest BCUT2D eigenvalue weighted by molar-refractivity contribution is 5.86. The monoisotopic (exact) mass is 292 g/mol. The SMILES string of the molecule is COc1ccc(CCN=C=O)c(NC(=O)OC(C)(C)C)c1. The van der Waals surface area contributed by atoms with Gasteiger partial charge in [0.1, 0.15) is 11.4 Å². The smallest absolute Gasteiger partial charge is 0.412 e. The number of carbonyl (C=O) groups excluding carboxylic acids is 2. The number of rotatable bonds is 5. The average molecular weight is 292 g/mol. The number of aliphatic imine (C=N–C) groups is 1. The van der Waals surface area contributed by atoms with Gasteiger partial charge in [0.05, 0.1) is 19.3 Å². The molecule has 0 unspecified atom stereocenters. The summed E-state index contributed by atoms with van der Waals surface area (Å²) >= 11 is 0. The van der Waals surface area contributed by atoms with Crippen molar-refractivity contribution in [3.63, 3.8) is 0 Å². The van der Waals surface area contributed by atoms with Crippen LogP contribution in [0.2, 0.25) is 0 Å². The summed E-state index contributed by atoms with van der Waals surface area (Å²) in [7, 11) is 1.54. The van der Waals surface area contributed by atoms with Crippen molar-refractivity contribution in [2.45, 2.75) is 32.8 Å². The van der Waals surface area contributed by atoms with Crippen molar-refractivity contribution in [1.82, 2.24) is 0 Å². The van der Waals surface area contributed by atoms with E-state index in [-0.39, 0.29) is 0 Å². The molecule has 0 aliphatic rings. The minimum Gasteiger partial charge on any atom is -0.497 e. The largest absolute Gasteiger partial charge is 0.497 e. The lowest BCUT2D eigenvalue weighted by Crippen LogP contribution is -2.27. The second-order valence-corrected chi connectivity index (χ2v) is 5.37. The molecule has 1 rings (SSSR count). The number of methoxy groups -OCH3 is 1. The van der Waals surface area contributed by atoms with Crippen LogP contribution < -0.4 is 10.1 Å². The van der Waals surface area contributed by atoms with Crippen LogP contribution in [0.1, 0.15) is 26.3 Å². The number of carbonyl (C=O) groups is 1. The topological polar surface area (TPSA) is 77.0 Å².